The van der Waals surface area contributed by atoms with Gasteiger partial charge in [-0.3, -0.25) is 4.90 Å². The van der Waals surface area contributed by atoms with Crippen molar-refractivity contribution in [3.8, 4) is 0 Å². The first-order valence-corrected chi connectivity index (χ1v) is 8.17. The molecule has 0 radical (unpaired) electrons. The molecule has 0 saturated carbocycles. The molecular formula is C14H28N2OS. The third-order valence-electron chi connectivity index (χ3n) is 4.59. The van der Waals surface area contributed by atoms with E-state index in [1.54, 1.807) is 0 Å². The molecule has 2 rings (SSSR count). The van der Waals surface area contributed by atoms with Gasteiger partial charge in [-0.1, -0.05) is 0 Å². The Balaban J connectivity index is 2.07. The van der Waals surface area contributed by atoms with Crippen molar-refractivity contribution < 1.29 is 4.74 Å². The fourth-order valence-electron chi connectivity index (χ4n) is 3.36. The molecule has 2 fully saturated rings. The lowest BCUT2D eigenvalue weighted by Crippen LogP contribution is -2.51. The van der Waals surface area contributed by atoms with Gasteiger partial charge in [0.25, 0.3) is 0 Å². The fourth-order valence-corrected chi connectivity index (χ4v) is 4.44. The Bertz CT molecular complexity index is 306. The molecule has 0 aliphatic carbocycles. The number of hydrogen-bond donors (Lipinski definition) is 1. The van der Waals surface area contributed by atoms with Gasteiger partial charge in [0.1, 0.15) is 0 Å². The van der Waals surface area contributed by atoms with Crippen molar-refractivity contribution >= 4 is 11.8 Å². The molecular weight excluding hydrogens is 244 g/mol. The number of nitrogens with two attached hydrogens (primary N) is 1. The van der Waals surface area contributed by atoms with Crippen LogP contribution in [0.25, 0.3) is 0 Å². The van der Waals surface area contributed by atoms with E-state index >= 15 is 0 Å². The van der Waals surface area contributed by atoms with Crippen molar-refractivity contribution in [1.29, 1.82) is 0 Å². The van der Waals surface area contributed by atoms with Crippen LogP contribution in [0.1, 0.15) is 34.6 Å². The predicted molar refractivity (Wildman–Crippen MR) is 79.1 cm³/mol. The van der Waals surface area contributed by atoms with E-state index in [4.69, 9.17) is 10.5 Å². The van der Waals surface area contributed by atoms with E-state index in [1.165, 1.54) is 18.1 Å². The molecule has 2 aliphatic heterocycles. The molecule has 4 heteroatoms. The molecule has 2 heterocycles. The van der Waals surface area contributed by atoms with Crippen LogP contribution < -0.4 is 5.73 Å². The van der Waals surface area contributed by atoms with E-state index in [0.717, 1.165) is 6.54 Å². The molecule has 0 spiro atoms. The second kappa shape index (κ2) is 4.97. The maximum atomic E-state index is 6.44. The Morgan fingerprint density at radius 2 is 1.94 bits per heavy atom. The van der Waals surface area contributed by atoms with Crippen molar-refractivity contribution in [3.63, 3.8) is 0 Å². The average molecular weight is 272 g/mol. The van der Waals surface area contributed by atoms with E-state index < -0.39 is 0 Å². The van der Waals surface area contributed by atoms with Gasteiger partial charge in [-0.15, -0.1) is 0 Å². The fraction of sp³-hybridized carbons (Fsp3) is 1.00. The molecule has 3 unspecified atom stereocenters. The zero-order valence-corrected chi connectivity index (χ0v) is 13.2. The van der Waals surface area contributed by atoms with Crippen LogP contribution in [-0.4, -0.2) is 52.8 Å². The smallest absolute Gasteiger partial charge is 0.0788 e. The highest BCUT2D eigenvalue weighted by Gasteiger charge is 2.52. The first-order valence-electron chi connectivity index (χ1n) is 7.01. The van der Waals surface area contributed by atoms with Crippen molar-refractivity contribution in [2.45, 2.75) is 57.9 Å². The molecule has 3 nitrogen and oxygen atoms in total. The maximum absolute atomic E-state index is 6.44. The largest absolute Gasteiger partial charge is 0.368 e. The number of nitrogens with zero attached hydrogens (tertiary/aromatic N) is 1. The highest BCUT2D eigenvalue weighted by Crippen LogP contribution is 2.41. The Hall–Kier alpha value is 0.230. The van der Waals surface area contributed by atoms with Crippen LogP contribution in [0.3, 0.4) is 0 Å². The van der Waals surface area contributed by atoms with Crippen molar-refractivity contribution in [2.75, 3.05) is 24.6 Å². The van der Waals surface area contributed by atoms with Crippen LogP contribution in [-0.2, 0) is 4.74 Å². The van der Waals surface area contributed by atoms with Gasteiger partial charge in [0.15, 0.2) is 0 Å². The highest BCUT2D eigenvalue weighted by atomic mass is 32.2. The van der Waals surface area contributed by atoms with Crippen molar-refractivity contribution in [3.05, 3.63) is 0 Å². The molecule has 106 valence electrons. The molecule has 3 atom stereocenters. The number of thioether (sulfide) groups is 1. The second-order valence-electron chi connectivity index (χ2n) is 6.86. The van der Waals surface area contributed by atoms with E-state index in [1.807, 2.05) is 0 Å². The second-order valence-corrected chi connectivity index (χ2v) is 8.01. The number of hydrogen-bond acceptors (Lipinski definition) is 4. The van der Waals surface area contributed by atoms with Gasteiger partial charge in [0.2, 0.25) is 0 Å². The third kappa shape index (κ3) is 2.72. The topological polar surface area (TPSA) is 38.5 Å². The lowest BCUT2D eigenvalue weighted by molar-refractivity contribution is -0.0788. The summed E-state index contributed by atoms with van der Waals surface area (Å²) < 4.78 is 6.18. The highest BCUT2D eigenvalue weighted by molar-refractivity contribution is 7.99. The molecule has 2 aliphatic rings. The van der Waals surface area contributed by atoms with E-state index in [2.05, 4.69) is 51.3 Å². The summed E-state index contributed by atoms with van der Waals surface area (Å²) in [5, 5.41) is 0. The SMILES string of the molecule is CC1CSCCN1CC1C(N)C(C)(C)OC1(C)C. The van der Waals surface area contributed by atoms with Crippen molar-refractivity contribution in [1.82, 2.24) is 4.90 Å². The Morgan fingerprint density at radius 3 is 2.44 bits per heavy atom. The summed E-state index contributed by atoms with van der Waals surface area (Å²) in [4.78, 5) is 2.59. The monoisotopic (exact) mass is 272 g/mol. The van der Waals surface area contributed by atoms with Gasteiger partial charge < -0.3 is 10.5 Å². The first kappa shape index (κ1) is 14.6. The minimum atomic E-state index is -0.206. The van der Waals surface area contributed by atoms with E-state index in [-0.39, 0.29) is 17.2 Å². The quantitative estimate of drug-likeness (QED) is 0.834. The Kier molecular flexibility index (Phi) is 4.04. The first-order chi connectivity index (χ1) is 8.24. The minimum absolute atomic E-state index is 0.118. The van der Waals surface area contributed by atoms with E-state index in [9.17, 15) is 0 Å². The Labute approximate surface area is 116 Å². The predicted octanol–water partition coefficient (Wildman–Crippen LogP) is 1.95. The summed E-state index contributed by atoms with van der Waals surface area (Å²) in [5.74, 6) is 2.90. The van der Waals surface area contributed by atoms with Gasteiger partial charge in [-0.05, 0) is 34.6 Å². The van der Waals surface area contributed by atoms with Crippen LogP contribution >= 0.6 is 11.8 Å². The van der Waals surface area contributed by atoms with Gasteiger partial charge >= 0.3 is 0 Å². The zero-order valence-electron chi connectivity index (χ0n) is 12.4. The zero-order chi connectivity index (χ0) is 13.6. The molecule has 0 aromatic heterocycles. The van der Waals surface area contributed by atoms with Crippen LogP contribution in [0, 0.1) is 5.92 Å². The summed E-state index contributed by atoms with van der Waals surface area (Å²) in [6, 6.07) is 0.782. The maximum Gasteiger partial charge on any atom is 0.0788 e. The summed E-state index contributed by atoms with van der Waals surface area (Å²) in [6.45, 7) is 13.2. The van der Waals surface area contributed by atoms with Crippen LogP contribution in [0.2, 0.25) is 0 Å². The normalized spacial score (nSPS) is 40.0. The molecule has 18 heavy (non-hydrogen) atoms. The summed E-state index contributed by atoms with van der Waals surface area (Å²) >= 11 is 2.06. The number of ether oxygens (including phenoxy) is 1. The third-order valence-corrected chi connectivity index (χ3v) is 5.78. The number of rotatable bonds is 2. The average Bonchev–Trinajstić information content (AvgIpc) is 2.39. The van der Waals surface area contributed by atoms with Gasteiger partial charge in [-0.2, -0.15) is 11.8 Å². The van der Waals surface area contributed by atoms with Gasteiger partial charge in [0, 0.05) is 42.6 Å². The Morgan fingerprint density at radius 1 is 1.28 bits per heavy atom. The minimum Gasteiger partial charge on any atom is -0.368 e. The van der Waals surface area contributed by atoms with Crippen molar-refractivity contribution in [2.24, 2.45) is 11.7 Å². The van der Waals surface area contributed by atoms with Crippen LogP contribution in [0.4, 0.5) is 0 Å². The molecule has 2 N–H and O–H groups in total. The lowest BCUT2D eigenvalue weighted by atomic mass is 9.82. The van der Waals surface area contributed by atoms with Gasteiger partial charge in [-0.25, -0.2) is 0 Å². The van der Waals surface area contributed by atoms with Gasteiger partial charge in [0.05, 0.1) is 11.2 Å². The molecule has 0 bridgehead atoms. The summed E-state index contributed by atoms with van der Waals surface area (Å²) in [6.07, 6.45) is 0. The summed E-state index contributed by atoms with van der Waals surface area (Å²) in [5.41, 5.74) is 6.11. The molecule has 0 aromatic carbocycles. The molecule has 2 saturated heterocycles. The van der Waals surface area contributed by atoms with Crippen LogP contribution in [0.5, 0.6) is 0 Å². The lowest BCUT2D eigenvalue weighted by Gasteiger charge is -2.38. The summed E-state index contributed by atoms with van der Waals surface area (Å²) in [7, 11) is 0. The standard InChI is InChI=1S/C14H28N2OS/c1-10-9-18-7-6-16(10)8-11-12(15)14(4,5)17-13(11,2)3/h10-12H,6-9,15H2,1-5H3. The molecule has 0 aromatic rings. The molecule has 0 amide bonds. The van der Waals surface area contributed by atoms with E-state index in [0.29, 0.717) is 12.0 Å². The van der Waals surface area contributed by atoms with Crippen LogP contribution in [0.15, 0.2) is 0 Å².